The van der Waals surface area contributed by atoms with Crippen LogP contribution in [0, 0.1) is 0 Å². The third-order valence-electron chi connectivity index (χ3n) is 8.96. The largest absolute Gasteiger partial charge is 0.363 e. The summed E-state index contributed by atoms with van der Waals surface area (Å²) < 4.78 is 0. The topological polar surface area (TPSA) is 45.0 Å². The van der Waals surface area contributed by atoms with Crippen molar-refractivity contribution >= 4 is 65.6 Å². The van der Waals surface area contributed by atoms with E-state index in [0.717, 1.165) is 49.0 Å². The van der Waals surface area contributed by atoms with Gasteiger partial charge in [-0.15, -0.1) is 5.11 Å². The summed E-state index contributed by atoms with van der Waals surface area (Å²) in [6.07, 6.45) is 2.16. The molecule has 0 amide bonds. The maximum atomic E-state index is 12.7. The lowest BCUT2D eigenvalue weighted by atomic mass is 9.76. The van der Waals surface area contributed by atoms with Crippen LogP contribution in [0.4, 0.5) is 5.69 Å². The van der Waals surface area contributed by atoms with Crippen LogP contribution in [0.15, 0.2) is 138 Å². The highest BCUT2D eigenvalue weighted by Gasteiger charge is 2.42. The summed E-state index contributed by atoms with van der Waals surface area (Å²) in [7, 11) is 0. The Labute approximate surface area is 236 Å². The first-order valence-corrected chi connectivity index (χ1v) is 14.0. The molecule has 2 atom stereocenters. The first-order valence-electron chi connectivity index (χ1n) is 14.0. The molecule has 192 valence electrons. The molecule has 0 spiro atoms. The molecule has 0 saturated heterocycles. The standard InChI is InChI=1S/C38H24N2O/c41-38(40-39-33-21-18-28-13-12-24-8-4-10-26-16-19-30(33)36(28)34(24)26)31-20-17-27-11-5-9-25-14-15-29(37(31)35(25)27)22-32(38)23-6-2-1-3-7-23/h1-22,32,41H. The molecule has 0 aliphatic heterocycles. The normalized spacial score (nSPS) is 18.8. The summed E-state index contributed by atoms with van der Waals surface area (Å²) in [5, 5.41) is 35.1. The van der Waals surface area contributed by atoms with Crippen LogP contribution in [-0.2, 0) is 5.72 Å². The van der Waals surface area contributed by atoms with Gasteiger partial charge < -0.3 is 5.11 Å². The highest BCUT2D eigenvalue weighted by Crippen LogP contribution is 2.47. The fraction of sp³-hybridized carbons (Fsp3) is 0.0526. The summed E-state index contributed by atoms with van der Waals surface area (Å²) in [6, 6.07) is 44.1. The summed E-state index contributed by atoms with van der Waals surface area (Å²) in [5.41, 5.74) is 0.946. The van der Waals surface area contributed by atoms with E-state index in [1.165, 1.54) is 26.9 Å². The fourth-order valence-electron chi connectivity index (χ4n) is 7.06. The monoisotopic (exact) mass is 524 g/mol. The molecule has 1 aliphatic rings. The van der Waals surface area contributed by atoms with Gasteiger partial charge in [-0.3, -0.25) is 0 Å². The molecule has 0 aromatic heterocycles. The van der Waals surface area contributed by atoms with Crippen molar-refractivity contribution in [2.45, 2.75) is 11.6 Å². The lowest BCUT2D eigenvalue weighted by Crippen LogP contribution is -2.35. The zero-order valence-electron chi connectivity index (χ0n) is 22.1. The zero-order valence-corrected chi connectivity index (χ0v) is 22.1. The van der Waals surface area contributed by atoms with Gasteiger partial charge in [0, 0.05) is 10.9 Å². The van der Waals surface area contributed by atoms with Gasteiger partial charge >= 0.3 is 0 Å². The zero-order chi connectivity index (χ0) is 27.1. The Morgan fingerprint density at radius 3 is 1.83 bits per heavy atom. The van der Waals surface area contributed by atoms with Crippen LogP contribution in [0.3, 0.4) is 0 Å². The number of hydrogen-bond donors (Lipinski definition) is 1. The van der Waals surface area contributed by atoms with E-state index >= 15 is 0 Å². The van der Waals surface area contributed by atoms with Crippen molar-refractivity contribution in [2.24, 2.45) is 10.2 Å². The molecular weight excluding hydrogens is 500 g/mol. The third-order valence-corrected chi connectivity index (χ3v) is 8.96. The lowest BCUT2D eigenvalue weighted by molar-refractivity contribution is 0.0287. The van der Waals surface area contributed by atoms with Crippen LogP contribution in [0.5, 0.6) is 0 Å². The molecule has 0 radical (unpaired) electrons. The van der Waals surface area contributed by atoms with Gasteiger partial charge in [-0.1, -0.05) is 127 Å². The van der Waals surface area contributed by atoms with Crippen LogP contribution in [0.25, 0.3) is 59.9 Å². The molecule has 3 heteroatoms. The third kappa shape index (κ3) is 3.12. The van der Waals surface area contributed by atoms with E-state index in [1.54, 1.807) is 0 Å². The van der Waals surface area contributed by atoms with Crippen molar-refractivity contribution in [3.8, 4) is 0 Å². The summed E-state index contributed by atoms with van der Waals surface area (Å²) in [6.45, 7) is 0. The Kier molecular flexibility index (Phi) is 4.53. The van der Waals surface area contributed by atoms with Crippen molar-refractivity contribution < 1.29 is 5.11 Å². The first kappa shape index (κ1) is 22.7. The molecule has 8 aromatic carbocycles. The second kappa shape index (κ2) is 8.20. The van der Waals surface area contributed by atoms with Crippen molar-refractivity contribution in [3.63, 3.8) is 0 Å². The molecule has 1 aliphatic carbocycles. The van der Waals surface area contributed by atoms with E-state index < -0.39 is 11.6 Å². The molecule has 41 heavy (non-hydrogen) atoms. The van der Waals surface area contributed by atoms with Crippen molar-refractivity contribution in [2.75, 3.05) is 0 Å². The fourth-order valence-corrected chi connectivity index (χ4v) is 7.06. The minimum atomic E-state index is -1.59. The van der Waals surface area contributed by atoms with E-state index in [4.69, 9.17) is 10.2 Å². The van der Waals surface area contributed by atoms with Gasteiger partial charge in [0.25, 0.3) is 0 Å². The predicted molar refractivity (Wildman–Crippen MR) is 169 cm³/mol. The van der Waals surface area contributed by atoms with Crippen LogP contribution >= 0.6 is 0 Å². The highest BCUT2D eigenvalue weighted by molar-refractivity contribution is 6.25. The Hall–Kier alpha value is -5.12. The Balaban J connectivity index is 1.31. The number of nitrogens with zero attached hydrogens (tertiary/aromatic N) is 2. The van der Waals surface area contributed by atoms with E-state index in [9.17, 15) is 5.11 Å². The highest BCUT2D eigenvalue weighted by atomic mass is 16.3. The van der Waals surface area contributed by atoms with Gasteiger partial charge in [0.15, 0.2) is 0 Å². The Morgan fingerprint density at radius 2 is 1.10 bits per heavy atom. The van der Waals surface area contributed by atoms with Gasteiger partial charge in [-0.05, 0) is 65.3 Å². The molecule has 0 heterocycles. The second-order valence-corrected chi connectivity index (χ2v) is 11.1. The smallest absolute Gasteiger partial charge is 0.213 e. The van der Waals surface area contributed by atoms with Gasteiger partial charge in [0.2, 0.25) is 5.72 Å². The number of rotatable bonds is 3. The molecule has 2 unspecified atom stereocenters. The maximum Gasteiger partial charge on any atom is 0.213 e. The minimum absolute atomic E-state index is 0.401. The van der Waals surface area contributed by atoms with E-state index in [2.05, 4.69) is 103 Å². The van der Waals surface area contributed by atoms with Crippen molar-refractivity contribution in [1.82, 2.24) is 0 Å². The first-order chi connectivity index (χ1) is 20.2. The van der Waals surface area contributed by atoms with Gasteiger partial charge in [-0.25, -0.2) is 0 Å². The van der Waals surface area contributed by atoms with Crippen molar-refractivity contribution in [3.05, 3.63) is 144 Å². The van der Waals surface area contributed by atoms with E-state index in [-0.39, 0.29) is 0 Å². The second-order valence-electron chi connectivity index (χ2n) is 11.1. The minimum Gasteiger partial charge on any atom is -0.363 e. The van der Waals surface area contributed by atoms with Crippen LogP contribution in [0.2, 0.25) is 0 Å². The predicted octanol–water partition coefficient (Wildman–Crippen LogP) is 9.12. The molecule has 0 saturated carbocycles. The maximum absolute atomic E-state index is 12.7. The summed E-state index contributed by atoms with van der Waals surface area (Å²) in [5.74, 6) is -0.401. The van der Waals surface area contributed by atoms with E-state index in [0.29, 0.717) is 0 Å². The number of aliphatic hydroxyl groups is 1. The molecule has 9 rings (SSSR count). The van der Waals surface area contributed by atoms with Gasteiger partial charge in [0.05, 0.1) is 11.6 Å². The van der Waals surface area contributed by atoms with Crippen molar-refractivity contribution in [1.29, 1.82) is 0 Å². The lowest BCUT2D eigenvalue weighted by Gasteiger charge is -2.35. The van der Waals surface area contributed by atoms with E-state index in [1.807, 2.05) is 30.3 Å². The quantitative estimate of drug-likeness (QED) is 0.182. The number of benzene rings is 8. The average molecular weight is 525 g/mol. The number of hydrogen-bond acceptors (Lipinski definition) is 3. The van der Waals surface area contributed by atoms with Gasteiger partial charge in [0.1, 0.15) is 0 Å². The molecule has 3 nitrogen and oxygen atoms in total. The SMILES string of the molecule is OC1(N=Nc2ccc3ccc4cccc5ccc2c3c45)c2ccc3cccc4ccc(c2c34)=CC1c1ccccc1. The molecule has 0 fully saturated rings. The Bertz CT molecular complexity index is 2360. The molecule has 0 bridgehead atoms. The molecule has 8 aromatic rings. The van der Waals surface area contributed by atoms with Crippen LogP contribution in [-0.4, -0.2) is 5.11 Å². The van der Waals surface area contributed by atoms with Crippen LogP contribution < -0.4 is 5.22 Å². The summed E-state index contributed by atoms with van der Waals surface area (Å²) in [4.78, 5) is 0. The Morgan fingerprint density at radius 1 is 0.512 bits per heavy atom. The summed E-state index contributed by atoms with van der Waals surface area (Å²) >= 11 is 0. The average Bonchev–Trinajstić information content (AvgIpc) is 3.03. The van der Waals surface area contributed by atoms with Gasteiger partial charge in [-0.2, -0.15) is 5.11 Å². The molecule has 1 N–H and O–H groups in total. The molecular formula is C38H24N2O. The number of azo groups is 1. The van der Waals surface area contributed by atoms with Crippen LogP contribution in [0.1, 0.15) is 17.0 Å².